The van der Waals surface area contributed by atoms with Crippen LogP contribution in [-0.2, 0) is 16.1 Å². The van der Waals surface area contributed by atoms with Crippen LogP contribution in [0.2, 0.25) is 0 Å². The van der Waals surface area contributed by atoms with Gasteiger partial charge in [-0.25, -0.2) is 4.79 Å². The van der Waals surface area contributed by atoms with Gasteiger partial charge in [0.2, 0.25) is 0 Å². The number of hydrogen-bond acceptors (Lipinski definition) is 5. The van der Waals surface area contributed by atoms with Gasteiger partial charge in [0.25, 0.3) is 5.91 Å². The van der Waals surface area contributed by atoms with E-state index in [0.717, 1.165) is 16.8 Å². The van der Waals surface area contributed by atoms with Crippen LogP contribution in [0.15, 0.2) is 59.8 Å². The lowest BCUT2D eigenvalue weighted by Crippen LogP contribution is -2.46. The topological polar surface area (TPSA) is 79.9 Å². The molecule has 1 aliphatic rings. The number of carbonyl (C=O) groups is 2. The van der Waals surface area contributed by atoms with Crippen LogP contribution in [0.1, 0.15) is 34.5 Å². The van der Waals surface area contributed by atoms with Gasteiger partial charge in [0.1, 0.15) is 12.4 Å². The van der Waals surface area contributed by atoms with Crippen LogP contribution >= 0.6 is 12.2 Å². The second-order valence-electron chi connectivity index (χ2n) is 7.32. The fraction of sp³-hybridized carbons (Fsp3) is 0.261. The van der Waals surface area contributed by atoms with E-state index >= 15 is 0 Å². The third-order valence-electron chi connectivity index (χ3n) is 4.90. The monoisotopic (exact) mass is 439 g/mol. The van der Waals surface area contributed by atoms with Gasteiger partial charge in [-0.05, 0) is 54.5 Å². The number of thiocarbonyl (C=S) groups is 1. The minimum Gasteiger partial charge on any atom is -0.489 e. The quantitative estimate of drug-likeness (QED) is 0.529. The molecule has 1 heterocycles. The lowest BCUT2D eigenvalue weighted by molar-refractivity contribution is -0.125. The Morgan fingerprint density at radius 1 is 1.06 bits per heavy atom. The Labute approximate surface area is 187 Å². The van der Waals surface area contributed by atoms with Crippen molar-refractivity contribution in [1.82, 2.24) is 15.5 Å². The number of likely N-dealkylation sites (N-methyl/N-ethyl adjacent to an activating group) is 1. The van der Waals surface area contributed by atoms with Crippen molar-refractivity contribution in [3.63, 3.8) is 0 Å². The number of amides is 1. The molecule has 0 bridgehead atoms. The molecule has 162 valence electrons. The van der Waals surface area contributed by atoms with Crippen molar-refractivity contribution in [3.8, 4) is 5.75 Å². The van der Waals surface area contributed by atoms with Gasteiger partial charge in [0, 0.05) is 19.8 Å². The van der Waals surface area contributed by atoms with Crippen LogP contribution in [0.4, 0.5) is 0 Å². The first-order valence-corrected chi connectivity index (χ1v) is 10.1. The SMILES string of the molecule is COC(=O)c1ccc(COc2ccc(C3NC(=S)NC(C)=C3C(=O)N(C)C)cc2)cc1. The average Bonchev–Trinajstić information content (AvgIpc) is 2.77. The van der Waals surface area contributed by atoms with E-state index in [0.29, 0.717) is 28.6 Å². The van der Waals surface area contributed by atoms with Crippen LogP contribution in [-0.4, -0.2) is 43.1 Å². The molecule has 7 nitrogen and oxygen atoms in total. The van der Waals surface area contributed by atoms with E-state index in [1.54, 1.807) is 31.1 Å². The summed E-state index contributed by atoms with van der Waals surface area (Å²) in [5.74, 6) is 0.240. The molecule has 0 aromatic heterocycles. The lowest BCUT2D eigenvalue weighted by atomic mass is 9.94. The number of nitrogens with zero attached hydrogens (tertiary/aromatic N) is 1. The van der Waals surface area contributed by atoms with Crippen molar-refractivity contribution in [3.05, 3.63) is 76.5 Å². The maximum atomic E-state index is 12.7. The van der Waals surface area contributed by atoms with Crippen LogP contribution in [0.25, 0.3) is 0 Å². The molecule has 0 aliphatic carbocycles. The first-order valence-electron chi connectivity index (χ1n) is 9.70. The minimum atomic E-state index is -0.370. The average molecular weight is 440 g/mol. The van der Waals surface area contributed by atoms with Gasteiger partial charge < -0.3 is 25.0 Å². The van der Waals surface area contributed by atoms with Crippen LogP contribution in [0.3, 0.4) is 0 Å². The summed E-state index contributed by atoms with van der Waals surface area (Å²) in [4.78, 5) is 25.8. The highest BCUT2D eigenvalue weighted by Crippen LogP contribution is 2.29. The summed E-state index contributed by atoms with van der Waals surface area (Å²) >= 11 is 5.28. The first-order chi connectivity index (χ1) is 14.8. The van der Waals surface area contributed by atoms with Crippen molar-refractivity contribution < 1.29 is 19.1 Å². The molecular formula is C23H25N3O4S. The zero-order chi connectivity index (χ0) is 22.5. The number of benzene rings is 2. The number of methoxy groups -OCH3 is 1. The number of hydrogen-bond donors (Lipinski definition) is 2. The molecule has 2 aromatic carbocycles. The number of rotatable bonds is 6. The summed E-state index contributed by atoms with van der Waals surface area (Å²) in [5, 5.41) is 6.69. The van der Waals surface area contributed by atoms with Gasteiger partial charge >= 0.3 is 5.97 Å². The minimum absolute atomic E-state index is 0.0827. The van der Waals surface area contributed by atoms with Gasteiger partial charge in [0.15, 0.2) is 5.11 Å². The number of ether oxygens (including phenoxy) is 2. The smallest absolute Gasteiger partial charge is 0.337 e. The Balaban J connectivity index is 1.71. The third-order valence-corrected chi connectivity index (χ3v) is 5.12. The Kier molecular flexibility index (Phi) is 6.91. The van der Waals surface area contributed by atoms with Gasteiger partial charge in [0.05, 0.1) is 24.3 Å². The molecule has 31 heavy (non-hydrogen) atoms. The summed E-state index contributed by atoms with van der Waals surface area (Å²) in [6.45, 7) is 2.21. The molecule has 2 N–H and O–H groups in total. The maximum absolute atomic E-state index is 12.7. The number of esters is 1. The molecule has 0 saturated heterocycles. The molecule has 0 fully saturated rings. The zero-order valence-electron chi connectivity index (χ0n) is 17.9. The molecule has 1 amide bonds. The first kappa shape index (κ1) is 22.3. The van der Waals surface area contributed by atoms with Crippen LogP contribution in [0, 0.1) is 0 Å². The van der Waals surface area contributed by atoms with Gasteiger partial charge in [-0.3, -0.25) is 4.79 Å². The molecule has 0 radical (unpaired) electrons. The predicted molar refractivity (Wildman–Crippen MR) is 122 cm³/mol. The fourth-order valence-electron chi connectivity index (χ4n) is 3.25. The number of allylic oxidation sites excluding steroid dienone is 1. The molecule has 3 rings (SSSR count). The molecule has 8 heteroatoms. The molecule has 1 aliphatic heterocycles. The summed E-state index contributed by atoms with van der Waals surface area (Å²) in [6, 6.07) is 14.3. The Morgan fingerprint density at radius 2 is 1.71 bits per heavy atom. The molecule has 0 saturated carbocycles. The van der Waals surface area contributed by atoms with Crippen LogP contribution < -0.4 is 15.4 Å². The standard InChI is InChI=1S/C23H25N3O4S/c1-14-19(21(27)26(2)3)20(25-23(31)24-14)16-9-11-18(12-10-16)30-13-15-5-7-17(8-6-15)22(28)29-4/h5-12,20H,13H2,1-4H3,(H2,24,25,31). The van der Waals surface area contributed by atoms with E-state index in [-0.39, 0.29) is 17.9 Å². The van der Waals surface area contributed by atoms with Crippen molar-refractivity contribution in [1.29, 1.82) is 0 Å². The van der Waals surface area contributed by atoms with Gasteiger partial charge in [-0.2, -0.15) is 0 Å². The lowest BCUT2D eigenvalue weighted by Gasteiger charge is -2.31. The highest BCUT2D eigenvalue weighted by Gasteiger charge is 2.30. The predicted octanol–water partition coefficient (Wildman–Crippen LogP) is 2.93. The Morgan fingerprint density at radius 3 is 2.29 bits per heavy atom. The highest BCUT2D eigenvalue weighted by molar-refractivity contribution is 7.80. The summed E-state index contributed by atoms with van der Waals surface area (Å²) in [7, 11) is 4.80. The number of carbonyl (C=O) groups excluding carboxylic acids is 2. The van der Waals surface area contributed by atoms with E-state index in [2.05, 4.69) is 10.6 Å². The Hall–Kier alpha value is -3.39. The van der Waals surface area contributed by atoms with Gasteiger partial charge in [-0.15, -0.1) is 0 Å². The third kappa shape index (κ3) is 5.21. The fourth-order valence-corrected chi connectivity index (χ4v) is 3.52. The normalized spacial score (nSPS) is 15.6. The van der Waals surface area contributed by atoms with Crippen molar-refractivity contribution in [2.45, 2.75) is 19.6 Å². The molecule has 2 aromatic rings. The summed E-state index contributed by atoms with van der Waals surface area (Å²) in [6.07, 6.45) is 0. The summed E-state index contributed by atoms with van der Waals surface area (Å²) < 4.78 is 10.6. The van der Waals surface area contributed by atoms with E-state index in [9.17, 15) is 9.59 Å². The maximum Gasteiger partial charge on any atom is 0.337 e. The van der Waals surface area contributed by atoms with E-state index in [1.165, 1.54) is 7.11 Å². The largest absolute Gasteiger partial charge is 0.489 e. The summed E-state index contributed by atoms with van der Waals surface area (Å²) in [5.41, 5.74) is 3.69. The molecule has 1 atom stereocenters. The second kappa shape index (κ2) is 9.61. The molecule has 1 unspecified atom stereocenters. The van der Waals surface area contributed by atoms with Crippen molar-refractivity contribution in [2.75, 3.05) is 21.2 Å². The van der Waals surface area contributed by atoms with Gasteiger partial charge in [-0.1, -0.05) is 24.3 Å². The van der Waals surface area contributed by atoms with Crippen molar-refractivity contribution in [2.24, 2.45) is 0 Å². The van der Waals surface area contributed by atoms with Crippen molar-refractivity contribution >= 4 is 29.2 Å². The van der Waals surface area contributed by atoms with E-state index in [1.807, 2.05) is 43.3 Å². The van der Waals surface area contributed by atoms with Crippen LogP contribution in [0.5, 0.6) is 5.75 Å². The molecule has 0 spiro atoms. The highest BCUT2D eigenvalue weighted by atomic mass is 32.1. The second-order valence-corrected chi connectivity index (χ2v) is 7.72. The number of nitrogens with one attached hydrogen (secondary N) is 2. The Bertz CT molecular complexity index is 1010. The van der Waals surface area contributed by atoms with E-state index in [4.69, 9.17) is 21.7 Å². The van der Waals surface area contributed by atoms with E-state index < -0.39 is 0 Å². The molecular weight excluding hydrogens is 414 g/mol. The zero-order valence-corrected chi connectivity index (χ0v) is 18.7.